The number of unbranched alkanes of at least 4 members (excludes halogenated alkanes) is 6. The van der Waals surface area contributed by atoms with E-state index < -0.39 is 0 Å². The third-order valence-electron chi connectivity index (χ3n) is 5.11. The largest absolute Gasteiger partial charge is 0.508 e. The Labute approximate surface area is 203 Å². The first-order valence-corrected chi connectivity index (χ1v) is 13.9. The van der Waals surface area contributed by atoms with Crippen LogP contribution in [0.3, 0.4) is 0 Å². The highest BCUT2D eigenvalue weighted by Crippen LogP contribution is 2.33. The summed E-state index contributed by atoms with van der Waals surface area (Å²) in [6.45, 7) is 10.7. The van der Waals surface area contributed by atoms with Crippen LogP contribution in [0.4, 0.5) is 11.6 Å². The number of phenols is 1. The van der Waals surface area contributed by atoms with Crippen molar-refractivity contribution in [3.8, 4) is 5.75 Å². The zero-order valence-electron chi connectivity index (χ0n) is 20.4. The predicted molar refractivity (Wildman–Crippen MR) is 140 cm³/mol. The van der Waals surface area contributed by atoms with Gasteiger partial charge in [0, 0.05) is 22.8 Å². The number of anilines is 2. The Hall–Kier alpha value is -1.47. The van der Waals surface area contributed by atoms with E-state index in [9.17, 15) is 5.11 Å². The van der Waals surface area contributed by atoms with Gasteiger partial charge in [-0.15, -0.1) is 0 Å². The fourth-order valence-electron chi connectivity index (χ4n) is 3.25. The lowest BCUT2D eigenvalue weighted by molar-refractivity contribution is 0.447. The third-order valence-corrected chi connectivity index (χ3v) is 6.98. The topological polar surface area (TPSA) is 70.9 Å². The molecular weight excluding hydrogens is 436 g/mol. The van der Waals surface area contributed by atoms with Crippen LogP contribution in [0.15, 0.2) is 28.5 Å². The van der Waals surface area contributed by atoms with Crippen molar-refractivity contribution in [2.24, 2.45) is 0 Å². The van der Waals surface area contributed by atoms with E-state index in [-0.39, 0.29) is 5.41 Å². The molecule has 0 aliphatic rings. The lowest BCUT2D eigenvalue weighted by Gasteiger charge is -2.21. The molecule has 1 heterocycles. The molecule has 178 valence electrons. The van der Waals surface area contributed by atoms with Crippen LogP contribution in [-0.2, 0) is 5.41 Å². The Morgan fingerprint density at radius 2 is 1.38 bits per heavy atom. The summed E-state index contributed by atoms with van der Waals surface area (Å²) in [4.78, 5) is 14.0. The molecule has 2 N–H and O–H groups in total. The Balaban J connectivity index is 2.14. The van der Waals surface area contributed by atoms with E-state index in [0.29, 0.717) is 11.7 Å². The summed E-state index contributed by atoms with van der Waals surface area (Å²) in [5, 5.41) is 15.2. The second-order valence-corrected chi connectivity index (χ2v) is 11.3. The maximum absolute atomic E-state index is 10.3. The molecule has 5 nitrogen and oxygen atoms in total. The van der Waals surface area contributed by atoms with Crippen molar-refractivity contribution in [3.63, 3.8) is 0 Å². The van der Waals surface area contributed by atoms with Gasteiger partial charge in [-0.25, -0.2) is 0 Å². The molecule has 0 radical (unpaired) electrons. The van der Waals surface area contributed by atoms with Crippen LogP contribution in [0.1, 0.15) is 91.5 Å². The van der Waals surface area contributed by atoms with E-state index >= 15 is 0 Å². The Morgan fingerprint density at radius 3 is 1.88 bits per heavy atom. The number of hydrogen-bond acceptors (Lipinski definition) is 7. The summed E-state index contributed by atoms with van der Waals surface area (Å²) in [7, 11) is 0. The number of nitrogens with zero attached hydrogens (tertiary/aromatic N) is 3. The van der Waals surface area contributed by atoms with Crippen molar-refractivity contribution >= 4 is 35.2 Å². The molecule has 2 aromatic rings. The monoisotopic (exact) mass is 476 g/mol. The van der Waals surface area contributed by atoms with Gasteiger partial charge < -0.3 is 10.4 Å². The fourth-order valence-corrected chi connectivity index (χ4v) is 4.98. The molecule has 7 heteroatoms. The van der Waals surface area contributed by atoms with Crippen molar-refractivity contribution in [2.75, 3.05) is 16.8 Å². The predicted octanol–water partition coefficient (Wildman–Crippen LogP) is 7.96. The first-order chi connectivity index (χ1) is 15.3. The highest BCUT2D eigenvalue weighted by atomic mass is 32.2. The van der Waals surface area contributed by atoms with Gasteiger partial charge in [0.25, 0.3) is 0 Å². The van der Waals surface area contributed by atoms with Crippen LogP contribution in [0.25, 0.3) is 0 Å². The van der Waals surface area contributed by atoms with Gasteiger partial charge in [-0.05, 0) is 36.5 Å². The van der Waals surface area contributed by atoms with Crippen LogP contribution < -0.4 is 5.32 Å². The third kappa shape index (κ3) is 9.57. The number of phenolic OH excluding ortho intramolecular Hbond substituents is 1. The molecule has 32 heavy (non-hydrogen) atoms. The minimum atomic E-state index is -0.153. The zero-order chi connectivity index (χ0) is 23.4. The normalized spacial score (nSPS) is 11.7. The lowest BCUT2D eigenvalue weighted by Crippen LogP contribution is -2.12. The number of rotatable bonds is 14. The maximum Gasteiger partial charge on any atom is 0.232 e. The molecule has 0 amide bonds. The summed E-state index contributed by atoms with van der Waals surface area (Å²) in [5.41, 5.74) is 1.61. The molecule has 1 aromatic carbocycles. The smallest absolute Gasteiger partial charge is 0.232 e. The molecule has 0 saturated carbocycles. The van der Waals surface area contributed by atoms with Gasteiger partial charge in [0.15, 0.2) is 10.3 Å². The van der Waals surface area contributed by atoms with E-state index in [2.05, 4.69) is 49.9 Å². The van der Waals surface area contributed by atoms with Crippen LogP contribution in [0.2, 0.25) is 0 Å². The minimum Gasteiger partial charge on any atom is -0.508 e. The Morgan fingerprint density at radius 1 is 0.812 bits per heavy atom. The number of hydrogen-bond donors (Lipinski definition) is 2. The van der Waals surface area contributed by atoms with E-state index in [1.165, 1.54) is 51.4 Å². The summed E-state index contributed by atoms with van der Waals surface area (Å²) in [6.07, 6.45) is 9.90. The molecule has 0 bridgehead atoms. The molecule has 0 aliphatic heterocycles. The van der Waals surface area contributed by atoms with Gasteiger partial charge in [0.1, 0.15) is 5.75 Å². The van der Waals surface area contributed by atoms with Crippen molar-refractivity contribution in [2.45, 2.75) is 102 Å². The molecule has 0 spiro atoms. The lowest BCUT2D eigenvalue weighted by atomic mass is 9.86. The van der Waals surface area contributed by atoms with Gasteiger partial charge in [0.2, 0.25) is 5.95 Å². The van der Waals surface area contributed by atoms with Crippen LogP contribution in [0.5, 0.6) is 5.75 Å². The average molecular weight is 477 g/mol. The van der Waals surface area contributed by atoms with Gasteiger partial charge in [-0.1, -0.05) is 96.7 Å². The van der Waals surface area contributed by atoms with E-state index in [4.69, 9.17) is 4.98 Å². The molecule has 0 unspecified atom stereocenters. The molecule has 0 aliphatic carbocycles. The SMILES string of the molecule is CCCCCCSc1nc(Nc2ccc(O)c(C(C)(C)C)c2)nc(SCCCCCC)n1. The molecule has 0 saturated heterocycles. The number of nitrogens with one attached hydrogen (secondary N) is 1. The van der Waals surface area contributed by atoms with Crippen LogP contribution >= 0.6 is 23.5 Å². The standard InChI is InChI=1S/C25H40N4OS2/c1-6-8-10-12-16-31-23-27-22(28-24(29-23)32-17-13-11-9-7-2)26-19-14-15-21(30)20(18-19)25(3,4)5/h14-15,18,30H,6-13,16-17H2,1-5H3,(H,26,27,28,29). The number of benzene rings is 1. The van der Waals surface area contributed by atoms with Gasteiger partial charge in [-0.2, -0.15) is 15.0 Å². The average Bonchev–Trinajstić information content (AvgIpc) is 2.74. The van der Waals surface area contributed by atoms with Crippen molar-refractivity contribution in [1.29, 1.82) is 0 Å². The van der Waals surface area contributed by atoms with Crippen LogP contribution in [-0.4, -0.2) is 31.6 Å². The summed E-state index contributed by atoms with van der Waals surface area (Å²) in [6, 6.07) is 5.58. The number of aromatic hydroxyl groups is 1. The van der Waals surface area contributed by atoms with E-state index in [1.807, 2.05) is 12.1 Å². The molecule has 1 aromatic heterocycles. The minimum absolute atomic E-state index is 0.153. The fraction of sp³-hybridized carbons (Fsp3) is 0.640. The molecule has 0 fully saturated rings. The van der Waals surface area contributed by atoms with Crippen molar-refractivity contribution in [1.82, 2.24) is 15.0 Å². The maximum atomic E-state index is 10.3. The number of aromatic nitrogens is 3. The molecule has 0 atom stereocenters. The van der Waals surface area contributed by atoms with Gasteiger partial charge >= 0.3 is 0 Å². The highest BCUT2D eigenvalue weighted by Gasteiger charge is 2.19. The van der Waals surface area contributed by atoms with E-state index in [0.717, 1.165) is 33.1 Å². The summed E-state index contributed by atoms with van der Waals surface area (Å²) >= 11 is 3.42. The first-order valence-electron chi connectivity index (χ1n) is 12.0. The summed E-state index contributed by atoms with van der Waals surface area (Å²) < 4.78 is 0. The van der Waals surface area contributed by atoms with Gasteiger partial charge in [-0.3, -0.25) is 0 Å². The van der Waals surface area contributed by atoms with Crippen LogP contribution in [0, 0.1) is 0 Å². The van der Waals surface area contributed by atoms with Crippen molar-refractivity contribution in [3.05, 3.63) is 23.8 Å². The second-order valence-electron chi connectivity index (χ2n) is 9.15. The molecule has 2 rings (SSSR count). The summed E-state index contributed by atoms with van der Waals surface area (Å²) in [5.74, 6) is 2.93. The number of thioether (sulfide) groups is 2. The first kappa shape index (κ1) is 26.8. The quantitative estimate of drug-likeness (QED) is 0.163. The zero-order valence-corrected chi connectivity index (χ0v) is 22.0. The van der Waals surface area contributed by atoms with Crippen molar-refractivity contribution < 1.29 is 5.11 Å². The van der Waals surface area contributed by atoms with E-state index in [1.54, 1.807) is 29.6 Å². The van der Waals surface area contributed by atoms with Gasteiger partial charge in [0.05, 0.1) is 0 Å². The highest BCUT2D eigenvalue weighted by molar-refractivity contribution is 7.99. The second kappa shape index (κ2) is 13.9. The molecular formula is C25H40N4OS2. The Kier molecular flexibility index (Phi) is 11.7. The Bertz CT molecular complexity index is 792.